The van der Waals surface area contributed by atoms with E-state index in [0.29, 0.717) is 12.2 Å². The molecule has 5 rings (SSSR count). The lowest BCUT2D eigenvalue weighted by Crippen LogP contribution is -2.48. The van der Waals surface area contributed by atoms with Gasteiger partial charge in [-0.25, -0.2) is 14.8 Å². The molecule has 0 saturated carbocycles. The first-order chi connectivity index (χ1) is 18.5. The number of ether oxygens (including phenoxy) is 3. The Morgan fingerprint density at radius 2 is 1.72 bits per heavy atom. The van der Waals surface area contributed by atoms with Crippen molar-refractivity contribution in [3.05, 3.63) is 54.4 Å². The van der Waals surface area contributed by atoms with Crippen LogP contribution < -0.4 is 4.74 Å². The minimum atomic E-state index is -0.535. The lowest BCUT2D eigenvalue weighted by molar-refractivity contribution is 0.0122. The van der Waals surface area contributed by atoms with Crippen molar-refractivity contribution in [3.63, 3.8) is 0 Å². The van der Waals surface area contributed by atoms with Crippen LogP contribution in [0.15, 0.2) is 48.7 Å². The summed E-state index contributed by atoms with van der Waals surface area (Å²) < 4.78 is 18.4. The molecule has 0 aliphatic carbocycles. The van der Waals surface area contributed by atoms with Crippen molar-refractivity contribution in [1.29, 1.82) is 0 Å². The minimum absolute atomic E-state index is 0.0132. The SMILES string of the molecule is COCOc1cc2nn(C)cc2cc1-c1ccc2nc(C3=C[C@@H](C)N(C(=O)OC(C)(C)C)[C@@H](C)C3)ccc2n1. The van der Waals surface area contributed by atoms with Crippen LogP contribution in [0, 0.1) is 0 Å². The predicted octanol–water partition coefficient (Wildman–Crippen LogP) is 5.97. The van der Waals surface area contributed by atoms with Gasteiger partial charge in [0.1, 0.15) is 11.4 Å². The van der Waals surface area contributed by atoms with E-state index in [-0.39, 0.29) is 25.0 Å². The Morgan fingerprint density at radius 3 is 2.38 bits per heavy atom. The monoisotopic (exact) mass is 529 g/mol. The number of hydrogen-bond donors (Lipinski definition) is 0. The van der Waals surface area contributed by atoms with Gasteiger partial charge in [0.2, 0.25) is 0 Å². The molecule has 0 fully saturated rings. The third kappa shape index (κ3) is 5.59. The zero-order chi connectivity index (χ0) is 27.9. The summed E-state index contributed by atoms with van der Waals surface area (Å²) in [7, 11) is 3.49. The van der Waals surface area contributed by atoms with Crippen molar-refractivity contribution in [2.24, 2.45) is 7.05 Å². The molecule has 0 unspecified atom stereocenters. The Morgan fingerprint density at radius 1 is 1.03 bits per heavy atom. The third-order valence-electron chi connectivity index (χ3n) is 6.68. The average molecular weight is 530 g/mol. The fourth-order valence-corrected chi connectivity index (χ4v) is 5.06. The van der Waals surface area contributed by atoms with Crippen LogP contribution in [0.1, 0.15) is 46.7 Å². The molecule has 4 heterocycles. The summed E-state index contributed by atoms with van der Waals surface area (Å²) in [6.07, 6.45) is 4.47. The summed E-state index contributed by atoms with van der Waals surface area (Å²) in [4.78, 5) is 24.4. The Bertz CT molecular complexity index is 1570. The minimum Gasteiger partial charge on any atom is -0.467 e. The number of fused-ring (bicyclic) bond motifs is 2. The third-order valence-corrected chi connectivity index (χ3v) is 6.68. The van der Waals surface area contributed by atoms with Gasteiger partial charge in [-0.15, -0.1) is 0 Å². The maximum atomic E-state index is 12.8. The molecule has 39 heavy (non-hydrogen) atoms. The van der Waals surface area contributed by atoms with E-state index in [0.717, 1.165) is 44.5 Å². The van der Waals surface area contributed by atoms with Crippen molar-refractivity contribution >= 4 is 33.6 Å². The summed E-state index contributed by atoms with van der Waals surface area (Å²) in [5, 5.41) is 5.49. The molecule has 1 amide bonds. The molecule has 4 aromatic rings. The van der Waals surface area contributed by atoms with Crippen LogP contribution in [0.5, 0.6) is 5.75 Å². The van der Waals surface area contributed by atoms with E-state index in [4.69, 9.17) is 24.2 Å². The lowest BCUT2D eigenvalue weighted by atomic mass is 9.94. The van der Waals surface area contributed by atoms with E-state index in [1.165, 1.54) is 0 Å². The fraction of sp³-hybridized carbons (Fsp3) is 0.400. The van der Waals surface area contributed by atoms with Gasteiger partial charge in [0, 0.05) is 43.4 Å². The predicted molar refractivity (Wildman–Crippen MR) is 151 cm³/mol. The molecule has 0 spiro atoms. The van der Waals surface area contributed by atoms with Gasteiger partial charge < -0.3 is 14.2 Å². The van der Waals surface area contributed by atoms with E-state index in [1.54, 1.807) is 16.7 Å². The standard InChI is InChI=1S/C30H35N5O4/c1-18-12-20(13-19(2)35(18)29(36)39-30(3,4)5)23-8-10-26-25(31-23)11-9-24(32-26)22-14-21-16-34(6)33-27(21)15-28(22)38-17-37-7/h8-12,14-16,18-19H,13,17H2,1-7H3/t18-,19+/m1/s1. The Balaban J connectivity index is 1.45. The summed E-state index contributed by atoms with van der Waals surface area (Å²) >= 11 is 0. The number of carbonyl (C=O) groups is 1. The molecular formula is C30H35N5O4. The second-order valence-electron chi connectivity index (χ2n) is 11.1. The molecule has 0 radical (unpaired) electrons. The van der Waals surface area contributed by atoms with E-state index in [2.05, 4.69) is 11.2 Å². The first-order valence-corrected chi connectivity index (χ1v) is 13.1. The number of nitrogens with zero attached hydrogens (tertiary/aromatic N) is 5. The van der Waals surface area contributed by atoms with Crippen LogP contribution in [-0.2, 0) is 16.5 Å². The number of aryl methyl sites for hydroxylation is 1. The molecule has 0 bridgehead atoms. The molecule has 2 atom stereocenters. The van der Waals surface area contributed by atoms with Crippen LogP contribution in [0.25, 0.3) is 38.8 Å². The van der Waals surface area contributed by atoms with Crippen molar-refractivity contribution < 1.29 is 19.0 Å². The quantitative estimate of drug-likeness (QED) is 0.294. The average Bonchev–Trinajstić information content (AvgIpc) is 3.23. The van der Waals surface area contributed by atoms with Gasteiger partial charge in [-0.05, 0) is 76.9 Å². The van der Waals surface area contributed by atoms with Crippen molar-refractivity contribution in [1.82, 2.24) is 24.6 Å². The van der Waals surface area contributed by atoms with E-state index < -0.39 is 5.60 Å². The molecule has 1 aliphatic rings. The normalized spacial score (nSPS) is 17.9. The van der Waals surface area contributed by atoms with E-state index in [9.17, 15) is 4.79 Å². The van der Waals surface area contributed by atoms with Crippen molar-refractivity contribution in [2.75, 3.05) is 13.9 Å². The van der Waals surface area contributed by atoms with Crippen molar-refractivity contribution in [2.45, 2.75) is 58.7 Å². The summed E-state index contributed by atoms with van der Waals surface area (Å²) in [5.74, 6) is 0.657. The summed E-state index contributed by atoms with van der Waals surface area (Å²) in [5.41, 5.74) is 5.53. The molecule has 9 heteroatoms. The molecular weight excluding hydrogens is 494 g/mol. The second kappa shape index (κ2) is 10.3. The van der Waals surface area contributed by atoms with Gasteiger partial charge in [-0.2, -0.15) is 5.10 Å². The molecule has 1 aliphatic heterocycles. The molecule has 0 saturated heterocycles. The first-order valence-electron chi connectivity index (χ1n) is 13.1. The molecule has 204 valence electrons. The first kappa shape index (κ1) is 26.6. The largest absolute Gasteiger partial charge is 0.467 e. The maximum absolute atomic E-state index is 12.8. The number of amides is 1. The molecule has 9 nitrogen and oxygen atoms in total. The van der Waals surface area contributed by atoms with E-state index in [1.807, 2.05) is 84.3 Å². The molecule has 0 N–H and O–H groups in total. The van der Waals surface area contributed by atoms with Crippen LogP contribution in [-0.4, -0.2) is 62.3 Å². The van der Waals surface area contributed by atoms with Gasteiger partial charge in [-0.3, -0.25) is 9.58 Å². The second-order valence-corrected chi connectivity index (χ2v) is 11.1. The van der Waals surface area contributed by atoms with Crippen LogP contribution in [0.2, 0.25) is 0 Å². The lowest BCUT2D eigenvalue weighted by Gasteiger charge is -2.38. The highest BCUT2D eigenvalue weighted by atomic mass is 16.7. The number of hydrogen-bond acceptors (Lipinski definition) is 7. The number of methoxy groups -OCH3 is 1. The Kier molecular flexibility index (Phi) is 7.03. The van der Waals surface area contributed by atoms with Crippen LogP contribution in [0.4, 0.5) is 4.79 Å². The number of rotatable bonds is 5. The zero-order valence-corrected chi connectivity index (χ0v) is 23.6. The Hall–Kier alpha value is -3.98. The highest BCUT2D eigenvalue weighted by Crippen LogP contribution is 2.35. The van der Waals surface area contributed by atoms with Gasteiger partial charge in [0.15, 0.2) is 6.79 Å². The number of aromatic nitrogens is 4. The molecule has 3 aromatic heterocycles. The van der Waals surface area contributed by atoms with Crippen LogP contribution in [0.3, 0.4) is 0 Å². The summed E-state index contributed by atoms with van der Waals surface area (Å²) in [6.45, 7) is 9.83. The highest BCUT2D eigenvalue weighted by molar-refractivity contribution is 5.89. The number of carbonyl (C=O) groups excluding carboxylic acids is 1. The maximum Gasteiger partial charge on any atom is 0.411 e. The van der Waals surface area contributed by atoms with Gasteiger partial charge in [0.05, 0.1) is 34.0 Å². The van der Waals surface area contributed by atoms with Crippen LogP contribution >= 0.6 is 0 Å². The Labute approximate surface area is 228 Å². The van der Waals surface area contributed by atoms with E-state index >= 15 is 0 Å². The topological polar surface area (TPSA) is 91.6 Å². The van der Waals surface area contributed by atoms with Gasteiger partial charge in [-0.1, -0.05) is 6.08 Å². The number of benzene rings is 1. The zero-order valence-electron chi connectivity index (χ0n) is 23.6. The highest BCUT2D eigenvalue weighted by Gasteiger charge is 2.33. The number of pyridine rings is 2. The van der Waals surface area contributed by atoms with Gasteiger partial charge in [0.25, 0.3) is 0 Å². The fourth-order valence-electron chi connectivity index (χ4n) is 5.06. The van der Waals surface area contributed by atoms with Crippen molar-refractivity contribution in [3.8, 4) is 17.0 Å². The van der Waals surface area contributed by atoms with Gasteiger partial charge >= 0.3 is 6.09 Å². The smallest absolute Gasteiger partial charge is 0.411 e. The summed E-state index contributed by atoms with van der Waals surface area (Å²) in [6, 6.07) is 11.8. The molecule has 1 aromatic carbocycles.